The number of aliphatic hydroxyl groups excluding tert-OH is 1. The Bertz CT molecular complexity index is 1190. The van der Waals surface area contributed by atoms with Gasteiger partial charge in [0.05, 0.1) is 11.6 Å². The average Bonchev–Trinajstić information content (AvgIpc) is 3.01. The quantitative estimate of drug-likeness (QED) is 0.228. The maximum absolute atomic E-state index is 13.1. The number of aliphatic hydroxyl groups is 1. The molecule has 6 heteroatoms. The molecule has 0 saturated carbocycles. The van der Waals surface area contributed by atoms with Gasteiger partial charge in [-0.05, 0) is 83.5 Å². The first-order valence-electron chi connectivity index (χ1n) is 9.87. The number of ketones is 1. The van der Waals surface area contributed by atoms with E-state index in [1.807, 2.05) is 68.4 Å². The number of hydrogen-bond donors (Lipinski definition) is 1. The largest absolute Gasteiger partial charge is 0.507 e. The molecule has 31 heavy (non-hydrogen) atoms. The van der Waals surface area contributed by atoms with Crippen molar-refractivity contribution in [3.05, 3.63) is 104 Å². The Balaban J connectivity index is 1.90. The number of likely N-dealkylation sites (tertiary alicyclic amines) is 1. The molecule has 1 amide bonds. The summed E-state index contributed by atoms with van der Waals surface area (Å²) in [6, 6.07) is 16.3. The first kappa shape index (κ1) is 21.2. The zero-order valence-corrected chi connectivity index (χ0v) is 19.3. The summed E-state index contributed by atoms with van der Waals surface area (Å²) < 4.78 is 1.04. The van der Waals surface area contributed by atoms with Gasteiger partial charge < -0.3 is 10.0 Å². The summed E-state index contributed by atoms with van der Waals surface area (Å²) in [6.45, 7) is 4.05. The number of carbonyl (C=O) groups excluding carboxylic acids is 2. The Morgan fingerprint density at radius 1 is 1.03 bits per heavy atom. The fraction of sp³-hybridized carbons (Fsp3) is 0.160. The van der Waals surface area contributed by atoms with E-state index < -0.39 is 17.7 Å². The lowest BCUT2D eigenvalue weighted by atomic mass is 9.93. The van der Waals surface area contributed by atoms with Crippen LogP contribution in [0.15, 0.2) is 72.6 Å². The van der Waals surface area contributed by atoms with E-state index in [0.29, 0.717) is 5.56 Å². The van der Waals surface area contributed by atoms with Crippen LogP contribution in [0.1, 0.15) is 33.9 Å². The summed E-state index contributed by atoms with van der Waals surface area (Å²) in [6.07, 6.45) is 3.31. The van der Waals surface area contributed by atoms with Crippen molar-refractivity contribution in [3.63, 3.8) is 0 Å². The smallest absolute Gasteiger partial charge is 0.295 e. The van der Waals surface area contributed by atoms with Crippen molar-refractivity contribution in [1.29, 1.82) is 0 Å². The number of nitrogens with zero attached hydrogens (tertiary/aromatic N) is 2. The molecule has 1 unspecified atom stereocenters. The Morgan fingerprint density at radius 2 is 1.71 bits per heavy atom. The van der Waals surface area contributed by atoms with E-state index in [9.17, 15) is 14.7 Å². The molecule has 1 atom stereocenters. The van der Waals surface area contributed by atoms with Crippen molar-refractivity contribution in [2.24, 2.45) is 0 Å². The normalized spacial score (nSPS) is 17.9. The number of Topliss-reactive ketones (excluding diaryl/α,β-unsaturated/α-hetero) is 1. The first-order valence-corrected chi connectivity index (χ1v) is 10.9. The van der Waals surface area contributed by atoms with Crippen LogP contribution in [0.4, 0.5) is 0 Å². The summed E-state index contributed by atoms with van der Waals surface area (Å²) in [5.74, 6) is -1.43. The molecule has 4 rings (SSSR count). The van der Waals surface area contributed by atoms with E-state index in [1.165, 1.54) is 4.90 Å². The van der Waals surface area contributed by atoms with Crippen LogP contribution in [0, 0.1) is 17.4 Å². The van der Waals surface area contributed by atoms with Crippen molar-refractivity contribution in [1.82, 2.24) is 9.88 Å². The second-order valence-electron chi connectivity index (χ2n) is 7.65. The number of pyridine rings is 1. The standard InChI is InChI=1S/C25H21IN2O3/c1-15-3-4-16(2)20(13-15)23(29)21-22(18-5-7-19(26)8-6-18)28(25(31)24(21)30)14-17-9-11-27-12-10-17/h3-13,22,29H,14H2,1-2H3. The molecule has 1 saturated heterocycles. The Kier molecular flexibility index (Phi) is 5.91. The van der Waals surface area contributed by atoms with Gasteiger partial charge in [-0.15, -0.1) is 0 Å². The van der Waals surface area contributed by atoms with Gasteiger partial charge in [-0.25, -0.2) is 0 Å². The molecule has 3 aromatic rings. The van der Waals surface area contributed by atoms with Crippen LogP contribution in [0.2, 0.25) is 0 Å². The van der Waals surface area contributed by atoms with Crippen LogP contribution in [-0.4, -0.2) is 26.7 Å². The van der Waals surface area contributed by atoms with Crippen molar-refractivity contribution < 1.29 is 14.7 Å². The van der Waals surface area contributed by atoms with Crippen LogP contribution < -0.4 is 0 Å². The maximum Gasteiger partial charge on any atom is 0.295 e. The summed E-state index contributed by atoms with van der Waals surface area (Å²) in [4.78, 5) is 31.8. The number of carbonyl (C=O) groups is 2. The summed E-state index contributed by atoms with van der Waals surface area (Å²) in [7, 11) is 0. The zero-order valence-electron chi connectivity index (χ0n) is 17.2. The van der Waals surface area contributed by atoms with Crippen molar-refractivity contribution in [2.75, 3.05) is 0 Å². The Morgan fingerprint density at radius 3 is 2.39 bits per heavy atom. The molecule has 5 nitrogen and oxygen atoms in total. The Labute approximate surface area is 194 Å². The molecule has 0 spiro atoms. The number of benzene rings is 2. The number of aromatic nitrogens is 1. The summed E-state index contributed by atoms with van der Waals surface area (Å²) in [5.41, 5.74) is 4.12. The predicted molar refractivity (Wildman–Crippen MR) is 127 cm³/mol. The highest BCUT2D eigenvalue weighted by molar-refractivity contribution is 14.1. The molecule has 1 aliphatic heterocycles. The molecule has 1 N–H and O–H groups in total. The van der Waals surface area contributed by atoms with E-state index in [-0.39, 0.29) is 17.9 Å². The predicted octanol–water partition coefficient (Wildman–Crippen LogP) is 4.92. The SMILES string of the molecule is Cc1ccc(C)c(C(O)=C2C(=O)C(=O)N(Cc3ccncc3)C2c2ccc(I)cc2)c1. The maximum atomic E-state index is 13.1. The van der Waals surface area contributed by atoms with Gasteiger partial charge in [0.25, 0.3) is 11.7 Å². The molecule has 1 fully saturated rings. The first-order chi connectivity index (χ1) is 14.9. The third-order valence-electron chi connectivity index (χ3n) is 5.48. The number of amides is 1. The lowest BCUT2D eigenvalue weighted by molar-refractivity contribution is -0.140. The third-order valence-corrected chi connectivity index (χ3v) is 6.20. The topological polar surface area (TPSA) is 70.5 Å². The van der Waals surface area contributed by atoms with Gasteiger partial charge >= 0.3 is 0 Å². The molecule has 1 aliphatic rings. The molecule has 0 radical (unpaired) electrons. The van der Waals surface area contributed by atoms with E-state index in [2.05, 4.69) is 27.6 Å². The lowest BCUT2D eigenvalue weighted by Gasteiger charge is -2.25. The van der Waals surface area contributed by atoms with Crippen molar-refractivity contribution in [2.45, 2.75) is 26.4 Å². The highest BCUT2D eigenvalue weighted by Gasteiger charge is 2.46. The molecule has 2 heterocycles. The fourth-order valence-corrected chi connectivity index (χ4v) is 4.22. The third kappa shape index (κ3) is 4.12. The summed E-state index contributed by atoms with van der Waals surface area (Å²) in [5, 5.41) is 11.3. The highest BCUT2D eigenvalue weighted by Crippen LogP contribution is 2.40. The van der Waals surface area contributed by atoms with Gasteiger partial charge in [0.2, 0.25) is 0 Å². The molecule has 1 aromatic heterocycles. The van der Waals surface area contributed by atoms with Gasteiger partial charge in [0.1, 0.15) is 5.76 Å². The molecule has 0 bridgehead atoms. The van der Waals surface area contributed by atoms with Crippen molar-refractivity contribution in [3.8, 4) is 0 Å². The number of rotatable bonds is 4. The second kappa shape index (κ2) is 8.63. The van der Waals surface area contributed by atoms with Crippen molar-refractivity contribution >= 4 is 40.0 Å². The molecule has 0 aliphatic carbocycles. The minimum absolute atomic E-state index is 0.119. The van der Waals surface area contributed by atoms with E-state index >= 15 is 0 Å². The van der Waals surface area contributed by atoms with E-state index in [1.54, 1.807) is 12.4 Å². The lowest BCUT2D eigenvalue weighted by Crippen LogP contribution is -2.29. The van der Waals surface area contributed by atoms with Crippen LogP contribution in [0.3, 0.4) is 0 Å². The Hall–Kier alpha value is -3.00. The fourth-order valence-electron chi connectivity index (χ4n) is 3.86. The molecule has 156 valence electrons. The van der Waals surface area contributed by atoms with E-state index in [0.717, 1.165) is 25.8 Å². The minimum Gasteiger partial charge on any atom is -0.507 e. The monoisotopic (exact) mass is 524 g/mol. The highest BCUT2D eigenvalue weighted by atomic mass is 127. The second-order valence-corrected chi connectivity index (χ2v) is 8.90. The van der Waals surface area contributed by atoms with Crippen LogP contribution in [-0.2, 0) is 16.1 Å². The number of hydrogen-bond acceptors (Lipinski definition) is 4. The molecular formula is C25H21IN2O3. The van der Waals surface area contributed by atoms with Gasteiger partial charge in [0, 0.05) is 28.1 Å². The number of halogens is 1. The van der Waals surface area contributed by atoms with Gasteiger partial charge in [-0.3, -0.25) is 14.6 Å². The van der Waals surface area contributed by atoms with Crippen LogP contribution in [0.25, 0.3) is 5.76 Å². The zero-order chi connectivity index (χ0) is 22.1. The van der Waals surface area contributed by atoms with Gasteiger partial charge in [-0.1, -0.05) is 29.8 Å². The van der Waals surface area contributed by atoms with Crippen LogP contribution >= 0.6 is 22.6 Å². The van der Waals surface area contributed by atoms with E-state index in [4.69, 9.17) is 0 Å². The van der Waals surface area contributed by atoms with Gasteiger partial charge in [0.15, 0.2) is 0 Å². The number of aryl methyl sites for hydroxylation is 2. The molecule has 2 aromatic carbocycles. The average molecular weight is 524 g/mol. The summed E-state index contributed by atoms with van der Waals surface area (Å²) >= 11 is 2.21. The van der Waals surface area contributed by atoms with Gasteiger partial charge in [-0.2, -0.15) is 0 Å². The minimum atomic E-state index is -0.676. The van der Waals surface area contributed by atoms with Crippen LogP contribution in [0.5, 0.6) is 0 Å². The molecular weight excluding hydrogens is 503 g/mol.